The largest absolute Gasteiger partial charge is 0.333 e. The third-order valence-electron chi connectivity index (χ3n) is 3.52. The molecule has 21 heavy (non-hydrogen) atoms. The highest BCUT2D eigenvalue weighted by atomic mass is 32.2. The Bertz CT molecular complexity index is 614. The molecule has 0 radical (unpaired) electrons. The molecule has 0 spiro atoms. The number of aromatic nitrogens is 2. The summed E-state index contributed by atoms with van der Waals surface area (Å²) in [4.78, 5) is 23.2. The molecule has 1 aliphatic rings. The lowest BCUT2D eigenvalue weighted by Crippen LogP contribution is -2.32. The van der Waals surface area contributed by atoms with Gasteiger partial charge in [-0.25, -0.2) is 4.98 Å². The molecule has 0 bridgehead atoms. The molecule has 0 aromatic carbocycles. The predicted molar refractivity (Wildman–Crippen MR) is 85.5 cm³/mol. The summed E-state index contributed by atoms with van der Waals surface area (Å²) in [5.41, 5.74) is 2.01. The van der Waals surface area contributed by atoms with Crippen LogP contribution in [0.3, 0.4) is 0 Å². The van der Waals surface area contributed by atoms with Crippen molar-refractivity contribution in [2.75, 3.05) is 12.3 Å². The van der Waals surface area contributed by atoms with Crippen LogP contribution in [-0.2, 0) is 4.79 Å². The summed E-state index contributed by atoms with van der Waals surface area (Å²) in [7, 11) is 0. The monoisotopic (exact) mass is 319 g/mol. The van der Waals surface area contributed by atoms with E-state index in [2.05, 4.69) is 9.97 Å². The van der Waals surface area contributed by atoms with Crippen molar-refractivity contribution in [3.63, 3.8) is 0 Å². The number of thiazole rings is 1. The molecule has 1 atom stereocenters. The Morgan fingerprint density at radius 1 is 1.52 bits per heavy atom. The minimum Gasteiger partial charge on any atom is -0.333 e. The number of carbonyl (C=O) groups is 1. The van der Waals surface area contributed by atoms with Crippen molar-refractivity contribution in [1.29, 1.82) is 0 Å². The quantitative estimate of drug-likeness (QED) is 0.811. The lowest BCUT2D eigenvalue weighted by atomic mass is 10.1. The molecule has 110 valence electrons. The molecule has 6 heteroatoms. The van der Waals surface area contributed by atoms with E-state index in [4.69, 9.17) is 0 Å². The molecule has 0 N–H and O–H groups in total. The maximum atomic E-state index is 12.5. The Hall–Kier alpha value is -1.40. The van der Waals surface area contributed by atoms with E-state index in [9.17, 15) is 4.79 Å². The van der Waals surface area contributed by atoms with Crippen LogP contribution in [0.15, 0.2) is 34.1 Å². The number of likely N-dealkylation sites (tertiary alicyclic amines) is 1. The number of hydrogen-bond donors (Lipinski definition) is 0. The fourth-order valence-electron chi connectivity index (χ4n) is 2.55. The molecule has 1 aliphatic heterocycles. The summed E-state index contributed by atoms with van der Waals surface area (Å²) in [5, 5.41) is 2.01. The molecule has 0 saturated carbocycles. The molecule has 1 fully saturated rings. The second-order valence-electron chi connectivity index (χ2n) is 5.04. The summed E-state index contributed by atoms with van der Waals surface area (Å²) >= 11 is 3.13. The van der Waals surface area contributed by atoms with Crippen LogP contribution >= 0.6 is 23.1 Å². The van der Waals surface area contributed by atoms with E-state index >= 15 is 0 Å². The number of hydrogen-bond acceptors (Lipinski definition) is 5. The fourth-order valence-corrected chi connectivity index (χ4v) is 4.29. The zero-order chi connectivity index (χ0) is 14.7. The van der Waals surface area contributed by atoms with Gasteiger partial charge in [-0.15, -0.1) is 11.3 Å². The van der Waals surface area contributed by atoms with E-state index < -0.39 is 0 Å². The summed E-state index contributed by atoms with van der Waals surface area (Å²) in [5.74, 6) is 0.636. The molecule has 3 heterocycles. The van der Waals surface area contributed by atoms with Gasteiger partial charge in [0.05, 0.1) is 17.5 Å². The molecule has 3 rings (SSSR count). The number of aryl methyl sites for hydroxylation is 1. The first-order valence-electron chi connectivity index (χ1n) is 6.99. The Morgan fingerprint density at radius 2 is 2.43 bits per heavy atom. The molecule has 0 unspecified atom stereocenters. The SMILES string of the molecule is Cc1csc(SCC(=O)N2CCC[C@H]2c2ccccn2)n1. The van der Waals surface area contributed by atoms with Crippen molar-refractivity contribution in [1.82, 2.24) is 14.9 Å². The maximum Gasteiger partial charge on any atom is 0.233 e. The number of pyridine rings is 1. The van der Waals surface area contributed by atoms with Crippen LogP contribution in [0.25, 0.3) is 0 Å². The molecular weight excluding hydrogens is 302 g/mol. The van der Waals surface area contributed by atoms with Gasteiger partial charge in [-0.1, -0.05) is 17.8 Å². The van der Waals surface area contributed by atoms with Gasteiger partial charge < -0.3 is 4.90 Å². The van der Waals surface area contributed by atoms with Gasteiger partial charge in [-0.3, -0.25) is 9.78 Å². The minimum atomic E-state index is 0.136. The van der Waals surface area contributed by atoms with Crippen molar-refractivity contribution < 1.29 is 4.79 Å². The van der Waals surface area contributed by atoms with Gasteiger partial charge in [-0.05, 0) is 31.9 Å². The number of carbonyl (C=O) groups excluding carboxylic acids is 1. The highest BCUT2D eigenvalue weighted by molar-refractivity contribution is 8.01. The van der Waals surface area contributed by atoms with Gasteiger partial charge in [-0.2, -0.15) is 0 Å². The van der Waals surface area contributed by atoms with E-state index in [1.807, 2.05) is 35.4 Å². The van der Waals surface area contributed by atoms with Gasteiger partial charge in [0.1, 0.15) is 0 Å². The lowest BCUT2D eigenvalue weighted by molar-refractivity contribution is -0.129. The standard InChI is InChI=1S/C15H17N3OS2/c1-11-9-20-15(17-11)21-10-14(19)18-8-4-6-13(18)12-5-2-3-7-16-12/h2-3,5,7,9,13H,4,6,8,10H2,1H3/t13-/m0/s1. The first-order chi connectivity index (χ1) is 10.2. The van der Waals surface area contributed by atoms with Gasteiger partial charge in [0.25, 0.3) is 0 Å². The predicted octanol–water partition coefficient (Wildman–Crippen LogP) is 3.30. The summed E-state index contributed by atoms with van der Waals surface area (Å²) in [6.45, 7) is 2.80. The molecule has 1 saturated heterocycles. The van der Waals surface area contributed by atoms with Crippen molar-refractivity contribution in [2.24, 2.45) is 0 Å². The number of amides is 1. The van der Waals surface area contributed by atoms with Crippen LogP contribution < -0.4 is 0 Å². The second kappa shape index (κ2) is 6.58. The zero-order valence-corrected chi connectivity index (χ0v) is 13.5. The molecule has 2 aromatic heterocycles. The van der Waals surface area contributed by atoms with E-state index in [-0.39, 0.29) is 11.9 Å². The van der Waals surface area contributed by atoms with Crippen LogP contribution in [0.4, 0.5) is 0 Å². The third-order valence-corrected chi connectivity index (χ3v) is 5.64. The molecular formula is C15H17N3OS2. The molecule has 0 aliphatic carbocycles. The Labute approximate surface area is 132 Å². The van der Waals surface area contributed by atoms with Crippen molar-refractivity contribution in [3.05, 3.63) is 41.2 Å². The third kappa shape index (κ3) is 3.44. The molecule has 4 nitrogen and oxygen atoms in total. The molecule has 2 aromatic rings. The number of rotatable bonds is 4. The normalized spacial score (nSPS) is 18.1. The van der Waals surface area contributed by atoms with Gasteiger partial charge >= 0.3 is 0 Å². The Balaban J connectivity index is 1.63. The smallest absolute Gasteiger partial charge is 0.233 e. The summed E-state index contributed by atoms with van der Waals surface area (Å²) in [6.07, 6.45) is 3.85. The topological polar surface area (TPSA) is 46.1 Å². The van der Waals surface area contributed by atoms with Crippen LogP contribution in [-0.4, -0.2) is 33.1 Å². The van der Waals surface area contributed by atoms with E-state index in [1.165, 1.54) is 11.8 Å². The highest BCUT2D eigenvalue weighted by Gasteiger charge is 2.30. The second-order valence-corrected chi connectivity index (χ2v) is 7.12. The van der Waals surface area contributed by atoms with E-state index in [1.54, 1.807) is 17.5 Å². The van der Waals surface area contributed by atoms with Crippen LogP contribution in [0.5, 0.6) is 0 Å². The van der Waals surface area contributed by atoms with Crippen LogP contribution in [0.2, 0.25) is 0 Å². The first-order valence-corrected chi connectivity index (χ1v) is 8.86. The fraction of sp³-hybridized carbons (Fsp3) is 0.400. The average Bonchev–Trinajstić information content (AvgIpc) is 3.14. The van der Waals surface area contributed by atoms with E-state index in [0.29, 0.717) is 5.75 Å². The minimum absolute atomic E-state index is 0.136. The maximum absolute atomic E-state index is 12.5. The first kappa shape index (κ1) is 14.5. The van der Waals surface area contributed by atoms with Crippen molar-refractivity contribution in [3.8, 4) is 0 Å². The average molecular weight is 319 g/mol. The van der Waals surface area contributed by atoms with Gasteiger partial charge in [0, 0.05) is 23.8 Å². The van der Waals surface area contributed by atoms with Crippen molar-refractivity contribution >= 4 is 29.0 Å². The lowest BCUT2D eigenvalue weighted by Gasteiger charge is -2.24. The van der Waals surface area contributed by atoms with Crippen LogP contribution in [0.1, 0.15) is 30.3 Å². The van der Waals surface area contributed by atoms with E-state index in [0.717, 1.165) is 35.1 Å². The molecule has 1 amide bonds. The number of nitrogens with zero attached hydrogens (tertiary/aromatic N) is 3. The summed E-state index contributed by atoms with van der Waals surface area (Å²) < 4.78 is 0.967. The van der Waals surface area contributed by atoms with Gasteiger partial charge in [0.15, 0.2) is 4.34 Å². The Morgan fingerprint density at radius 3 is 3.14 bits per heavy atom. The summed E-state index contributed by atoms with van der Waals surface area (Å²) in [6, 6.07) is 6.03. The van der Waals surface area contributed by atoms with Gasteiger partial charge in [0.2, 0.25) is 5.91 Å². The van der Waals surface area contributed by atoms with Crippen molar-refractivity contribution in [2.45, 2.75) is 30.1 Å². The number of thioether (sulfide) groups is 1. The Kier molecular flexibility index (Phi) is 4.55. The highest BCUT2D eigenvalue weighted by Crippen LogP contribution is 2.32. The zero-order valence-electron chi connectivity index (χ0n) is 11.9. The van der Waals surface area contributed by atoms with Crippen LogP contribution in [0, 0.1) is 6.92 Å².